The Morgan fingerprint density at radius 3 is 2.31 bits per heavy atom. The first-order chi connectivity index (χ1) is 22.3. The van der Waals surface area contributed by atoms with Crippen LogP contribution in [-0.4, -0.2) is 15.0 Å². The Morgan fingerprint density at radius 2 is 1.42 bits per heavy atom. The standard InChI is InChI=1S/C41H31N3O/c1-3-13-26(14-4-1)39-42-40(27-15-5-2-6-16-27)44-41(43-39)34-24-23-32(38-37(34)33-21-11-12-22-36(33)45-38)35-25-28-17-7-8-18-29(28)30-19-9-10-20-31(30)35/h1,3,5,7-8,10-13,15-18,20-25H,2,4,6,9,14,19H2. The molecule has 4 nitrogen and oxygen atoms in total. The molecule has 0 radical (unpaired) electrons. The molecule has 6 aromatic rings. The van der Waals surface area contributed by atoms with Gasteiger partial charge in [-0.1, -0.05) is 91.1 Å². The summed E-state index contributed by atoms with van der Waals surface area (Å²) in [5.74, 6) is 2.15. The van der Waals surface area contributed by atoms with Gasteiger partial charge in [0.2, 0.25) is 0 Å². The quantitative estimate of drug-likeness (QED) is 0.208. The Balaban J connectivity index is 1.33. The molecule has 4 heteroatoms. The predicted octanol–water partition coefficient (Wildman–Crippen LogP) is 10.7. The monoisotopic (exact) mass is 581 g/mol. The molecule has 0 saturated heterocycles. The fourth-order valence-electron chi connectivity index (χ4n) is 7.11. The summed E-state index contributed by atoms with van der Waals surface area (Å²) >= 11 is 0. The van der Waals surface area contributed by atoms with Gasteiger partial charge in [-0.2, -0.15) is 0 Å². The van der Waals surface area contributed by atoms with Crippen molar-refractivity contribution >= 4 is 49.9 Å². The highest BCUT2D eigenvalue weighted by Crippen LogP contribution is 2.44. The van der Waals surface area contributed by atoms with Gasteiger partial charge in [0, 0.05) is 27.5 Å². The molecule has 0 saturated carbocycles. The fraction of sp³-hybridized carbons (Fsp3) is 0.146. The number of aryl methyl sites for hydroxylation is 1. The number of hydrogen-bond acceptors (Lipinski definition) is 4. The van der Waals surface area contributed by atoms with Crippen LogP contribution < -0.4 is 0 Å². The van der Waals surface area contributed by atoms with Crippen LogP contribution in [0.3, 0.4) is 0 Å². The molecule has 0 amide bonds. The van der Waals surface area contributed by atoms with E-state index >= 15 is 0 Å². The molecule has 3 aliphatic rings. The Bertz CT molecular complexity index is 2330. The number of para-hydroxylation sites is 1. The number of fused-ring (bicyclic) bond motifs is 6. The third kappa shape index (κ3) is 4.40. The Labute approximate surface area is 261 Å². The molecule has 216 valence electrons. The topological polar surface area (TPSA) is 51.8 Å². The van der Waals surface area contributed by atoms with Crippen molar-refractivity contribution in [2.75, 3.05) is 0 Å². The highest BCUT2D eigenvalue weighted by Gasteiger charge is 2.23. The fourth-order valence-corrected chi connectivity index (χ4v) is 7.11. The number of rotatable bonds is 4. The van der Waals surface area contributed by atoms with Crippen LogP contribution in [0.4, 0.5) is 0 Å². The number of allylic oxidation sites excluding steroid dienone is 9. The Kier molecular flexibility index (Phi) is 6.19. The van der Waals surface area contributed by atoms with E-state index in [1.807, 2.05) is 6.07 Å². The molecule has 4 aromatic carbocycles. The molecule has 0 N–H and O–H groups in total. The van der Waals surface area contributed by atoms with Gasteiger partial charge in [0.25, 0.3) is 0 Å². The first-order valence-corrected chi connectivity index (χ1v) is 16.0. The van der Waals surface area contributed by atoms with Gasteiger partial charge < -0.3 is 4.42 Å². The summed E-state index contributed by atoms with van der Waals surface area (Å²) in [5, 5.41) is 4.69. The van der Waals surface area contributed by atoms with Gasteiger partial charge in [0.1, 0.15) is 11.2 Å². The van der Waals surface area contributed by atoms with Crippen LogP contribution in [0, 0.1) is 0 Å². The lowest BCUT2D eigenvalue weighted by Crippen LogP contribution is -2.06. The van der Waals surface area contributed by atoms with E-state index in [9.17, 15) is 0 Å². The zero-order chi connectivity index (χ0) is 29.7. The molecule has 2 aromatic heterocycles. The van der Waals surface area contributed by atoms with Crippen molar-refractivity contribution in [2.24, 2.45) is 0 Å². The van der Waals surface area contributed by atoms with Crippen molar-refractivity contribution in [1.82, 2.24) is 15.0 Å². The normalized spacial score (nSPS) is 15.9. The summed E-state index contributed by atoms with van der Waals surface area (Å²) in [6, 6.07) is 23.8. The van der Waals surface area contributed by atoms with Crippen molar-refractivity contribution in [1.29, 1.82) is 0 Å². The molecular formula is C41H31N3O. The molecule has 45 heavy (non-hydrogen) atoms. The lowest BCUT2D eigenvalue weighted by atomic mass is 9.85. The molecule has 2 heterocycles. The highest BCUT2D eigenvalue weighted by atomic mass is 16.3. The first-order valence-electron chi connectivity index (χ1n) is 16.0. The molecule has 0 unspecified atom stereocenters. The number of benzene rings is 4. The van der Waals surface area contributed by atoms with Gasteiger partial charge in [-0.25, -0.2) is 15.0 Å². The van der Waals surface area contributed by atoms with Gasteiger partial charge >= 0.3 is 0 Å². The average molecular weight is 582 g/mol. The zero-order valence-electron chi connectivity index (χ0n) is 25.0. The molecule has 0 atom stereocenters. The summed E-state index contributed by atoms with van der Waals surface area (Å²) in [7, 11) is 0. The number of hydrogen-bond donors (Lipinski definition) is 0. The largest absolute Gasteiger partial charge is 0.455 e. The van der Waals surface area contributed by atoms with Gasteiger partial charge in [-0.15, -0.1) is 0 Å². The summed E-state index contributed by atoms with van der Waals surface area (Å²) in [5.41, 5.74) is 9.86. The Hall–Kier alpha value is -5.35. The van der Waals surface area contributed by atoms with Crippen molar-refractivity contribution < 1.29 is 4.42 Å². The molecule has 9 rings (SSSR count). The summed E-state index contributed by atoms with van der Waals surface area (Å²) in [6.45, 7) is 0. The van der Waals surface area contributed by atoms with E-state index in [1.54, 1.807) is 0 Å². The minimum absolute atomic E-state index is 0.675. The third-order valence-electron chi connectivity index (χ3n) is 9.29. The number of nitrogens with zero attached hydrogens (tertiary/aromatic N) is 3. The maximum Gasteiger partial charge on any atom is 0.164 e. The van der Waals surface area contributed by atoms with E-state index in [2.05, 4.69) is 109 Å². The average Bonchev–Trinajstić information content (AvgIpc) is 3.51. The van der Waals surface area contributed by atoms with Crippen LogP contribution in [-0.2, 0) is 6.42 Å². The van der Waals surface area contributed by atoms with Crippen LogP contribution in [0.1, 0.15) is 54.9 Å². The maximum atomic E-state index is 6.76. The molecule has 0 fully saturated rings. The van der Waals surface area contributed by atoms with E-state index < -0.39 is 0 Å². The summed E-state index contributed by atoms with van der Waals surface area (Å²) in [4.78, 5) is 15.3. The van der Waals surface area contributed by atoms with Crippen LogP contribution in [0.2, 0.25) is 0 Å². The number of furan rings is 1. The van der Waals surface area contributed by atoms with Crippen molar-refractivity contribution in [3.63, 3.8) is 0 Å². The second-order valence-corrected chi connectivity index (χ2v) is 12.0. The molecule has 3 aliphatic carbocycles. The van der Waals surface area contributed by atoms with Crippen LogP contribution in [0.5, 0.6) is 0 Å². The summed E-state index contributed by atoms with van der Waals surface area (Å²) in [6.07, 6.45) is 23.6. The first kappa shape index (κ1) is 26.1. The lowest BCUT2D eigenvalue weighted by molar-refractivity contribution is 0.670. The van der Waals surface area contributed by atoms with E-state index in [4.69, 9.17) is 19.4 Å². The van der Waals surface area contributed by atoms with E-state index in [-0.39, 0.29) is 0 Å². The lowest BCUT2D eigenvalue weighted by Gasteiger charge is -2.19. The highest BCUT2D eigenvalue weighted by molar-refractivity contribution is 6.16. The van der Waals surface area contributed by atoms with Crippen LogP contribution in [0.15, 0.2) is 114 Å². The molecule has 0 aliphatic heterocycles. The SMILES string of the molecule is C1=CCCC(c2nc(C3=CCCC=C3)nc(-c3ccc(-c4cc5ccccc5c5c4C=CCC5)c4oc5ccccc5c34)n2)=C1. The minimum atomic E-state index is 0.675. The predicted molar refractivity (Wildman–Crippen MR) is 186 cm³/mol. The van der Waals surface area contributed by atoms with Crippen molar-refractivity contribution in [3.05, 3.63) is 132 Å². The Morgan fingerprint density at radius 1 is 0.622 bits per heavy atom. The smallest absolute Gasteiger partial charge is 0.164 e. The van der Waals surface area contributed by atoms with Crippen molar-refractivity contribution in [2.45, 2.75) is 38.5 Å². The van der Waals surface area contributed by atoms with E-state index in [1.165, 1.54) is 27.5 Å². The van der Waals surface area contributed by atoms with Crippen molar-refractivity contribution in [3.8, 4) is 22.5 Å². The van der Waals surface area contributed by atoms with Gasteiger partial charge in [-0.05, 0) is 95.8 Å². The molecule has 0 bridgehead atoms. The van der Waals surface area contributed by atoms with Crippen LogP contribution in [0.25, 0.3) is 72.4 Å². The maximum absolute atomic E-state index is 6.76. The molecule has 0 spiro atoms. The van der Waals surface area contributed by atoms with Crippen LogP contribution >= 0.6 is 0 Å². The van der Waals surface area contributed by atoms with Gasteiger partial charge in [0.05, 0.1) is 0 Å². The second-order valence-electron chi connectivity index (χ2n) is 12.0. The summed E-state index contributed by atoms with van der Waals surface area (Å²) < 4.78 is 6.76. The van der Waals surface area contributed by atoms with Gasteiger partial charge in [0.15, 0.2) is 17.5 Å². The number of aromatic nitrogens is 3. The minimum Gasteiger partial charge on any atom is -0.455 e. The van der Waals surface area contributed by atoms with E-state index in [0.29, 0.717) is 5.82 Å². The zero-order valence-corrected chi connectivity index (χ0v) is 25.0. The van der Waals surface area contributed by atoms with E-state index in [0.717, 1.165) is 94.4 Å². The second kappa shape index (κ2) is 10.7. The molecular weight excluding hydrogens is 550 g/mol. The van der Waals surface area contributed by atoms with Gasteiger partial charge in [-0.3, -0.25) is 0 Å². The third-order valence-corrected chi connectivity index (χ3v) is 9.29.